The van der Waals surface area contributed by atoms with E-state index in [-0.39, 0.29) is 17.9 Å². The van der Waals surface area contributed by atoms with Crippen molar-refractivity contribution in [3.05, 3.63) is 41.1 Å². The van der Waals surface area contributed by atoms with Crippen LogP contribution >= 0.6 is 0 Å². The average Bonchev–Trinajstić information content (AvgIpc) is 2.79. The molecule has 1 fully saturated rings. The Labute approximate surface area is 146 Å². The first-order chi connectivity index (χ1) is 12.1. The number of carbonyl (C=O) groups excluding carboxylic acids is 1. The molecule has 0 spiro atoms. The van der Waals surface area contributed by atoms with Gasteiger partial charge < -0.3 is 20.7 Å². The van der Waals surface area contributed by atoms with Crippen molar-refractivity contribution in [1.29, 1.82) is 0 Å². The fourth-order valence-electron chi connectivity index (χ4n) is 3.62. The number of hydrogen-bond acceptors (Lipinski definition) is 6. The lowest BCUT2D eigenvalue weighted by molar-refractivity contribution is -0.115. The zero-order chi connectivity index (χ0) is 17.4. The molecular formula is C18H21N5O2. The average molecular weight is 339 g/mol. The first kappa shape index (κ1) is 15.8. The van der Waals surface area contributed by atoms with E-state index in [1.54, 1.807) is 0 Å². The quantitative estimate of drug-likeness (QED) is 0.867. The van der Waals surface area contributed by atoms with Crippen LogP contribution in [0.4, 0.5) is 17.5 Å². The number of amides is 1. The Morgan fingerprint density at radius 1 is 1.36 bits per heavy atom. The monoisotopic (exact) mass is 339 g/mol. The zero-order valence-electron chi connectivity index (χ0n) is 14.2. The summed E-state index contributed by atoms with van der Waals surface area (Å²) < 4.78 is 5.84. The molecule has 1 aromatic heterocycles. The molecule has 0 bridgehead atoms. The highest BCUT2D eigenvalue weighted by Crippen LogP contribution is 2.35. The zero-order valence-corrected chi connectivity index (χ0v) is 14.2. The van der Waals surface area contributed by atoms with Gasteiger partial charge in [0.1, 0.15) is 5.82 Å². The van der Waals surface area contributed by atoms with Crippen molar-refractivity contribution in [2.75, 3.05) is 35.7 Å². The molecule has 1 saturated heterocycles. The lowest BCUT2D eigenvalue weighted by Crippen LogP contribution is -2.32. The third-order valence-electron chi connectivity index (χ3n) is 4.67. The lowest BCUT2D eigenvalue weighted by Gasteiger charge is -2.32. The Morgan fingerprint density at radius 2 is 2.24 bits per heavy atom. The Balaban J connectivity index is 1.78. The Bertz CT molecular complexity index is 803. The second-order valence-electron chi connectivity index (χ2n) is 6.46. The van der Waals surface area contributed by atoms with Crippen molar-refractivity contribution in [3.8, 4) is 0 Å². The number of aryl methyl sites for hydroxylation is 1. The molecule has 1 aromatic carbocycles. The number of nitrogen functional groups attached to an aromatic ring is 1. The number of fused-ring (bicyclic) bond motifs is 1. The van der Waals surface area contributed by atoms with Gasteiger partial charge >= 0.3 is 0 Å². The van der Waals surface area contributed by atoms with E-state index in [2.05, 4.69) is 26.3 Å². The summed E-state index contributed by atoms with van der Waals surface area (Å²) in [6, 6.07) is 7.92. The standard InChI is InChI=1S/C18H21N5O2/c1-11-8-16(22-18(19)20-11)23-6-3-7-25-10-15(23)12-4-2-5-14-13(12)9-17(24)21-14/h2,4-5,8,15H,3,6-7,9-10H2,1H3,(H,21,24)(H2,19,20,22). The largest absolute Gasteiger partial charge is 0.379 e. The van der Waals surface area contributed by atoms with E-state index in [1.165, 1.54) is 0 Å². The molecule has 1 unspecified atom stereocenters. The molecule has 1 atom stereocenters. The molecule has 130 valence electrons. The molecule has 2 aliphatic rings. The molecular weight excluding hydrogens is 318 g/mol. The smallest absolute Gasteiger partial charge is 0.228 e. The fraction of sp³-hybridized carbons (Fsp3) is 0.389. The van der Waals surface area contributed by atoms with Gasteiger partial charge in [0.2, 0.25) is 11.9 Å². The summed E-state index contributed by atoms with van der Waals surface area (Å²) in [6.45, 7) is 3.98. The van der Waals surface area contributed by atoms with Crippen molar-refractivity contribution in [3.63, 3.8) is 0 Å². The van der Waals surface area contributed by atoms with E-state index in [9.17, 15) is 4.79 Å². The molecule has 3 heterocycles. The summed E-state index contributed by atoms with van der Waals surface area (Å²) in [7, 11) is 0. The molecule has 0 aliphatic carbocycles. The number of nitrogens with zero attached hydrogens (tertiary/aromatic N) is 3. The second-order valence-corrected chi connectivity index (χ2v) is 6.46. The van der Waals surface area contributed by atoms with Crippen LogP contribution in [0.1, 0.15) is 29.3 Å². The van der Waals surface area contributed by atoms with Crippen LogP contribution in [-0.4, -0.2) is 35.6 Å². The molecule has 7 nitrogen and oxygen atoms in total. The maximum absolute atomic E-state index is 11.9. The van der Waals surface area contributed by atoms with Crippen LogP contribution in [0.5, 0.6) is 0 Å². The van der Waals surface area contributed by atoms with E-state index >= 15 is 0 Å². The summed E-state index contributed by atoms with van der Waals surface area (Å²) in [6.07, 6.45) is 1.31. The number of hydrogen-bond donors (Lipinski definition) is 2. The Morgan fingerprint density at radius 3 is 3.08 bits per heavy atom. The predicted octanol–water partition coefficient (Wildman–Crippen LogP) is 1.83. The number of anilines is 3. The van der Waals surface area contributed by atoms with Crippen LogP contribution in [0.2, 0.25) is 0 Å². The van der Waals surface area contributed by atoms with Crippen LogP contribution in [0, 0.1) is 6.92 Å². The molecule has 4 rings (SSSR count). The van der Waals surface area contributed by atoms with Gasteiger partial charge in [-0.2, -0.15) is 4.98 Å². The lowest BCUT2D eigenvalue weighted by atomic mass is 9.97. The molecule has 0 saturated carbocycles. The first-order valence-electron chi connectivity index (χ1n) is 8.49. The SMILES string of the molecule is Cc1cc(N2CCCOCC2c2cccc3c2CC(=O)N3)nc(N)n1. The van der Waals surface area contributed by atoms with E-state index in [4.69, 9.17) is 10.5 Å². The van der Waals surface area contributed by atoms with Crippen molar-refractivity contribution in [2.24, 2.45) is 0 Å². The Kier molecular flexibility index (Phi) is 4.01. The summed E-state index contributed by atoms with van der Waals surface area (Å²) in [5.41, 5.74) is 9.74. The molecule has 25 heavy (non-hydrogen) atoms. The third kappa shape index (κ3) is 3.02. The van der Waals surface area contributed by atoms with Gasteiger partial charge in [0.15, 0.2) is 0 Å². The van der Waals surface area contributed by atoms with Crippen molar-refractivity contribution in [2.45, 2.75) is 25.8 Å². The second kappa shape index (κ2) is 6.33. The van der Waals surface area contributed by atoms with Gasteiger partial charge in [0.25, 0.3) is 0 Å². The number of nitrogens with one attached hydrogen (secondary N) is 1. The summed E-state index contributed by atoms with van der Waals surface area (Å²) in [5.74, 6) is 1.11. The van der Waals surface area contributed by atoms with Crippen molar-refractivity contribution >= 4 is 23.4 Å². The van der Waals surface area contributed by atoms with Gasteiger partial charge in [-0.3, -0.25) is 4.79 Å². The van der Waals surface area contributed by atoms with E-state index in [1.807, 2.05) is 25.1 Å². The van der Waals surface area contributed by atoms with Gasteiger partial charge in [-0.1, -0.05) is 12.1 Å². The summed E-state index contributed by atoms with van der Waals surface area (Å²) >= 11 is 0. The normalized spacial score (nSPS) is 20.1. The maximum atomic E-state index is 11.9. The fourth-order valence-corrected chi connectivity index (χ4v) is 3.62. The van der Waals surface area contributed by atoms with Crippen LogP contribution < -0.4 is 16.0 Å². The highest BCUT2D eigenvalue weighted by molar-refractivity contribution is 5.99. The number of carbonyl (C=O) groups is 1. The number of aromatic nitrogens is 2. The number of benzene rings is 1. The highest BCUT2D eigenvalue weighted by atomic mass is 16.5. The first-order valence-corrected chi connectivity index (χ1v) is 8.49. The maximum Gasteiger partial charge on any atom is 0.228 e. The van der Waals surface area contributed by atoms with Gasteiger partial charge in [-0.05, 0) is 30.5 Å². The Hall–Kier alpha value is -2.67. The number of nitrogens with two attached hydrogens (primary N) is 1. The predicted molar refractivity (Wildman–Crippen MR) is 95.5 cm³/mol. The summed E-state index contributed by atoms with van der Waals surface area (Å²) in [5, 5.41) is 2.92. The van der Waals surface area contributed by atoms with Crippen LogP contribution in [0.25, 0.3) is 0 Å². The number of rotatable bonds is 2. The van der Waals surface area contributed by atoms with Crippen LogP contribution in [0.3, 0.4) is 0 Å². The van der Waals surface area contributed by atoms with Gasteiger partial charge in [0, 0.05) is 30.6 Å². The molecule has 2 aromatic rings. The van der Waals surface area contributed by atoms with E-state index < -0.39 is 0 Å². The third-order valence-corrected chi connectivity index (χ3v) is 4.67. The van der Waals surface area contributed by atoms with E-state index in [0.29, 0.717) is 19.6 Å². The molecule has 0 radical (unpaired) electrons. The van der Waals surface area contributed by atoms with Gasteiger partial charge in [0.05, 0.1) is 19.1 Å². The summed E-state index contributed by atoms with van der Waals surface area (Å²) in [4.78, 5) is 22.7. The topological polar surface area (TPSA) is 93.4 Å². The van der Waals surface area contributed by atoms with Crippen LogP contribution in [-0.2, 0) is 16.0 Å². The van der Waals surface area contributed by atoms with Crippen molar-refractivity contribution < 1.29 is 9.53 Å². The van der Waals surface area contributed by atoms with Crippen molar-refractivity contribution in [1.82, 2.24) is 9.97 Å². The molecule has 3 N–H and O–H groups in total. The molecule has 1 amide bonds. The minimum Gasteiger partial charge on any atom is -0.379 e. The minimum absolute atomic E-state index is 0.0150. The van der Waals surface area contributed by atoms with E-state index in [0.717, 1.165) is 41.3 Å². The van der Waals surface area contributed by atoms with Gasteiger partial charge in [-0.25, -0.2) is 4.98 Å². The van der Waals surface area contributed by atoms with Crippen LogP contribution in [0.15, 0.2) is 24.3 Å². The highest BCUT2D eigenvalue weighted by Gasteiger charge is 2.30. The van der Waals surface area contributed by atoms with Gasteiger partial charge in [-0.15, -0.1) is 0 Å². The molecule has 7 heteroatoms. The number of ether oxygens (including phenoxy) is 1. The molecule has 2 aliphatic heterocycles. The minimum atomic E-state index is -0.0150.